The van der Waals surface area contributed by atoms with Crippen LogP contribution in [0.3, 0.4) is 0 Å². The zero-order chi connectivity index (χ0) is 14.6. The fourth-order valence-corrected chi connectivity index (χ4v) is 1.76. The minimum absolute atomic E-state index is 0.254. The molecule has 0 amide bonds. The number of aryl methyl sites for hydroxylation is 1. The number of furan rings is 1. The van der Waals surface area contributed by atoms with Gasteiger partial charge in [0.15, 0.2) is 0 Å². The van der Waals surface area contributed by atoms with E-state index in [9.17, 15) is 13.2 Å². The number of halogens is 3. The molecule has 2 N–H and O–H groups in total. The Morgan fingerprint density at radius 1 is 1.05 bits per heavy atom. The minimum atomic E-state index is -4.68. The molecule has 2 aromatic rings. The van der Waals surface area contributed by atoms with Crippen molar-refractivity contribution in [2.45, 2.75) is 19.2 Å². The highest BCUT2D eigenvalue weighted by molar-refractivity contribution is 5.58. The van der Waals surface area contributed by atoms with E-state index in [0.29, 0.717) is 17.9 Å². The molecule has 20 heavy (non-hydrogen) atoms. The van der Waals surface area contributed by atoms with E-state index in [1.807, 2.05) is 6.07 Å². The summed E-state index contributed by atoms with van der Waals surface area (Å²) in [4.78, 5) is 0. The third kappa shape index (κ3) is 4.03. The first-order valence-corrected chi connectivity index (χ1v) is 6.13. The van der Waals surface area contributed by atoms with E-state index in [2.05, 4.69) is 4.74 Å². The first-order chi connectivity index (χ1) is 9.48. The summed E-state index contributed by atoms with van der Waals surface area (Å²) in [5.41, 5.74) is 6.11. The molecule has 108 valence electrons. The lowest BCUT2D eigenvalue weighted by Gasteiger charge is -2.08. The molecule has 0 fully saturated rings. The average Bonchev–Trinajstić information content (AvgIpc) is 2.84. The van der Waals surface area contributed by atoms with Gasteiger partial charge in [-0.25, -0.2) is 0 Å². The van der Waals surface area contributed by atoms with Gasteiger partial charge in [0.05, 0.1) is 0 Å². The highest BCUT2D eigenvalue weighted by Gasteiger charge is 2.30. The molecule has 0 aliphatic heterocycles. The number of benzene rings is 1. The predicted octanol–water partition coefficient (Wildman–Crippen LogP) is 3.74. The molecule has 0 saturated carbocycles. The number of alkyl halides is 3. The lowest BCUT2D eigenvalue weighted by atomic mass is 10.2. The van der Waals surface area contributed by atoms with Gasteiger partial charge in [-0.2, -0.15) is 0 Å². The molecule has 0 saturated heterocycles. The molecule has 0 aliphatic rings. The van der Waals surface area contributed by atoms with Gasteiger partial charge in [0.25, 0.3) is 0 Å². The van der Waals surface area contributed by atoms with Gasteiger partial charge in [-0.15, -0.1) is 13.2 Å². The lowest BCUT2D eigenvalue weighted by Crippen LogP contribution is -2.16. The number of hydrogen-bond donors (Lipinski definition) is 1. The van der Waals surface area contributed by atoms with Crippen molar-refractivity contribution in [2.75, 3.05) is 6.54 Å². The van der Waals surface area contributed by atoms with Gasteiger partial charge in [0, 0.05) is 12.0 Å². The normalized spacial score (nSPS) is 11.6. The molecule has 1 aromatic heterocycles. The zero-order valence-electron chi connectivity index (χ0n) is 10.6. The summed E-state index contributed by atoms with van der Waals surface area (Å²) in [6, 6.07) is 9.17. The zero-order valence-corrected chi connectivity index (χ0v) is 10.6. The van der Waals surface area contributed by atoms with Gasteiger partial charge in [0.1, 0.15) is 17.3 Å². The molecule has 6 heteroatoms. The molecular weight excluding hydrogens is 271 g/mol. The summed E-state index contributed by atoms with van der Waals surface area (Å²) >= 11 is 0. The second-order valence-electron chi connectivity index (χ2n) is 4.23. The van der Waals surface area contributed by atoms with Crippen LogP contribution in [0.2, 0.25) is 0 Å². The van der Waals surface area contributed by atoms with Crippen molar-refractivity contribution < 1.29 is 22.3 Å². The summed E-state index contributed by atoms with van der Waals surface area (Å²) in [6.45, 7) is 0.583. The number of ether oxygens (including phenoxy) is 1. The van der Waals surface area contributed by atoms with Crippen LogP contribution < -0.4 is 10.5 Å². The molecule has 0 unspecified atom stereocenters. The van der Waals surface area contributed by atoms with Crippen LogP contribution in [-0.4, -0.2) is 12.9 Å². The molecule has 3 nitrogen and oxygen atoms in total. The van der Waals surface area contributed by atoms with E-state index >= 15 is 0 Å². The number of nitrogens with two attached hydrogens (primary N) is 1. The largest absolute Gasteiger partial charge is 0.573 e. The Kier molecular flexibility index (Phi) is 4.34. The summed E-state index contributed by atoms with van der Waals surface area (Å²) in [7, 11) is 0. The van der Waals surface area contributed by atoms with Gasteiger partial charge in [-0.1, -0.05) is 0 Å². The fourth-order valence-electron chi connectivity index (χ4n) is 1.76. The standard InChI is InChI=1S/C14H14F3NO2/c15-14(16,17)20-12-5-3-10(4-6-12)13-8-7-11(19-13)2-1-9-18/h3-8H,1-2,9,18H2. The highest BCUT2D eigenvalue weighted by atomic mass is 19.4. The van der Waals surface area contributed by atoms with Gasteiger partial charge in [-0.3, -0.25) is 0 Å². The Labute approximate surface area is 114 Å². The number of rotatable bonds is 5. The van der Waals surface area contributed by atoms with E-state index in [1.54, 1.807) is 6.07 Å². The first-order valence-electron chi connectivity index (χ1n) is 6.13. The number of hydrogen-bond acceptors (Lipinski definition) is 3. The molecule has 2 rings (SSSR count). The summed E-state index contributed by atoms with van der Waals surface area (Å²) in [5, 5.41) is 0. The van der Waals surface area contributed by atoms with Crippen molar-refractivity contribution in [2.24, 2.45) is 5.73 Å². The smallest absolute Gasteiger partial charge is 0.461 e. The maximum absolute atomic E-state index is 12.0. The van der Waals surface area contributed by atoms with Crippen molar-refractivity contribution in [1.29, 1.82) is 0 Å². The molecule has 0 bridgehead atoms. The van der Waals surface area contributed by atoms with Crippen molar-refractivity contribution in [1.82, 2.24) is 0 Å². The monoisotopic (exact) mass is 285 g/mol. The van der Waals surface area contributed by atoms with Crippen LogP contribution in [-0.2, 0) is 6.42 Å². The van der Waals surface area contributed by atoms with E-state index in [-0.39, 0.29) is 5.75 Å². The van der Waals surface area contributed by atoms with Crippen LogP contribution in [0.5, 0.6) is 5.75 Å². The molecular formula is C14H14F3NO2. The van der Waals surface area contributed by atoms with Crippen LogP contribution in [0.15, 0.2) is 40.8 Å². The maximum Gasteiger partial charge on any atom is 0.573 e. The van der Waals surface area contributed by atoms with Gasteiger partial charge in [0.2, 0.25) is 0 Å². The first kappa shape index (κ1) is 14.5. The van der Waals surface area contributed by atoms with Crippen LogP contribution in [0.25, 0.3) is 11.3 Å². The van der Waals surface area contributed by atoms with Crippen LogP contribution in [0, 0.1) is 0 Å². The van der Waals surface area contributed by atoms with Gasteiger partial charge < -0.3 is 14.9 Å². The van der Waals surface area contributed by atoms with Crippen molar-refractivity contribution in [3.8, 4) is 17.1 Å². The van der Waals surface area contributed by atoms with E-state index < -0.39 is 6.36 Å². The molecule has 0 radical (unpaired) electrons. The summed E-state index contributed by atoms with van der Waals surface area (Å²) in [6.07, 6.45) is -3.11. The fraction of sp³-hybridized carbons (Fsp3) is 0.286. The Balaban J connectivity index is 2.07. The topological polar surface area (TPSA) is 48.4 Å². The Morgan fingerprint density at radius 2 is 1.75 bits per heavy atom. The molecule has 1 heterocycles. The summed E-state index contributed by atoms with van der Waals surface area (Å²) < 4.78 is 45.5. The summed E-state index contributed by atoms with van der Waals surface area (Å²) in [5.74, 6) is 1.16. The molecule has 0 atom stereocenters. The van der Waals surface area contributed by atoms with Gasteiger partial charge >= 0.3 is 6.36 Å². The quantitative estimate of drug-likeness (QED) is 0.910. The SMILES string of the molecule is NCCCc1ccc(-c2ccc(OC(F)(F)F)cc2)o1. The van der Waals surface area contributed by atoms with Crippen LogP contribution >= 0.6 is 0 Å². The highest BCUT2D eigenvalue weighted by Crippen LogP contribution is 2.27. The minimum Gasteiger partial charge on any atom is -0.461 e. The second kappa shape index (κ2) is 6.00. The Morgan fingerprint density at radius 3 is 2.35 bits per heavy atom. The van der Waals surface area contributed by atoms with E-state index in [1.165, 1.54) is 24.3 Å². The predicted molar refractivity (Wildman–Crippen MR) is 68.2 cm³/mol. The van der Waals surface area contributed by atoms with Gasteiger partial charge in [-0.05, 0) is 49.4 Å². The average molecular weight is 285 g/mol. The maximum atomic E-state index is 12.0. The van der Waals surface area contributed by atoms with Crippen molar-refractivity contribution >= 4 is 0 Å². The molecule has 1 aromatic carbocycles. The Hall–Kier alpha value is -1.95. The van der Waals surface area contributed by atoms with Crippen molar-refractivity contribution in [3.05, 3.63) is 42.2 Å². The van der Waals surface area contributed by atoms with Crippen molar-refractivity contribution in [3.63, 3.8) is 0 Å². The molecule has 0 aliphatic carbocycles. The Bertz CT molecular complexity index is 546. The second-order valence-corrected chi connectivity index (χ2v) is 4.23. The third-order valence-corrected chi connectivity index (χ3v) is 2.66. The van der Waals surface area contributed by atoms with Crippen LogP contribution in [0.1, 0.15) is 12.2 Å². The van der Waals surface area contributed by atoms with E-state index in [4.69, 9.17) is 10.2 Å². The third-order valence-electron chi connectivity index (χ3n) is 2.66. The van der Waals surface area contributed by atoms with Crippen LogP contribution in [0.4, 0.5) is 13.2 Å². The van der Waals surface area contributed by atoms with E-state index in [0.717, 1.165) is 18.6 Å². The lowest BCUT2D eigenvalue weighted by molar-refractivity contribution is -0.274. The molecule has 0 spiro atoms.